The molecule has 0 bridgehead atoms. The van der Waals surface area contributed by atoms with Crippen molar-refractivity contribution in [2.45, 2.75) is 61.8 Å². The molecule has 3 rings (SSSR count). The van der Waals surface area contributed by atoms with Crippen LogP contribution in [0.1, 0.15) is 45.1 Å². The van der Waals surface area contributed by atoms with Crippen LogP contribution in [-0.4, -0.2) is 44.0 Å². The second-order valence-electron chi connectivity index (χ2n) is 7.49. The molecule has 6 nitrogen and oxygen atoms in total. The first-order valence-electron chi connectivity index (χ1n) is 9.68. The van der Waals surface area contributed by atoms with Crippen LogP contribution in [0.5, 0.6) is 0 Å². The Morgan fingerprint density at radius 3 is 2.59 bits per heavy atom. The lowest BCUT2D eigenvalue weighted by molar-refractivity contribution is 0.581. The summed E-state index contributed by atoms with van der Waals surface area (Å²) in [5, 5.41) is 6.73. The topological polar surface area (TPSA) is 82.6 Å². The van der Waals surface area contributed by atoms with Crippen molar-refractivity contribution in [3.05, 3.63) is 29.8 Å². The van der Waals surface area contributed by atoms with Gasteiger partial charge in [0.1, 0.15) is 0 Å². The highest BCUT2D eigenvalue weighted by molar-refractivity contribution is 8.00. The molecule has 1 aromatic rings. The zero-order valence-corrected chi connectivity index (χ0v) is 17.8. The van der Waals surface area contributed by atoms with Gasteiger partial charge in [-0.15, -0.1) is 0 Å². The molecule has 150 valence electrons. The van der Waals surface area contributed by atoms with E-state index in [1.54, 1.807) is 12.1 Å². The molecule has 27 heavy (non-hydrogen) atoms. The van der Waals surface area contributed by atoms with Crippen LogP contribution in [0.25, 0.3) is 0 Å². The van der Waals surface area contributed by atoms with Gasteiger partial charge in [0.05, 0.1) is 11.4 Å². The SMILES string of the molecule is CCNC(=NCc1ccc(S(=O)(=O)NC2CC2)cc1)NCC1(C)CCCS1. The predicted molar refractivity (Wildman–Crippen MR) is 113 cm³/mol. The summed E-state index contributed by atoms with van der Waals surface area (Å²) in [5.74, 6) is 2.04. The zero-order chi connectivity index (χ0) is 19.3. The third-order valence-corrected chi connectivity index (χ3v) is 7.90. The third kappa shape index (κ3) is 6.12. The Morgan fingerprint density at radius 1 is 1.26 bits per heavy atom. The highest BCUT2D eigenvalue weighted by Gasteiger charge is 2.29. The molecule has 1 heterocycles. The van der Waals surface area contributed by atoms with Crippen molar-refractivity contribution in [2.75, 3.05) is 18.8 Å². The van der Waals surface area contributed by atoms with E-state index in [1.807, 2.05) is 23.9 Å². The number of thioether (sulfide) groups is 1. The molecule has 0 aromatic heterocycles. The maximum atomic E-state index is 12.2. The Labute approximate surface area is 167 Å². The van der Waals surface area contributed by atoms with Gasteiger partial charge in [0.2, 0.25) is 10.0 Å². The molecule has 1 atom stereocenters. The Balaban J connectivity index is 1.58. The summed E-state index contributed by atoms with van der Waals surface area (Å²) in [6.07, 6.45) is 4.38. The van der Waals surface area contributed by atoms with Gasteiger partial charge in [-0.3, -0.25) is 0 Å². The number of hydrogen-bond donors (Lipinski definition) is 3. The van der Waals surface area contributed by atoms with E-state index in [9.17, 15) is 8.42 Å². The van der Waals surface area contributed by atoms with Crippen LogP contribution in [0.4, 0.5) is 0 Å². The average molecular weight is 411 g/mol. The predicted octanol–water partition coefficient (Wildman–Crippen LogP) is 2.47. The van der Waals surface area contributed by atoms with E-state index in [-0.39, 0.29) is 10.8 Å². The molecule has 8 heteroatoms. The fraction of sp³-hybridized carbons (Fsp3) is 0.632. The lowest BCUT2D eigenvalue weighted by Crippen LogP contribution is -2.43. The molecule has 0 radical (unpaired) electrons. The summed E-state index contributed by atoms with van der Waals surface area (Å²) in [4.78, 5) is 4.96. The van der Waals surface area contributed by atoms with Crippen LogP contribution in [0.3, 0.4) is 0 Å². The van der Waals surface area contributed by atoms with Crippen molar-refractivity contribution in [2.24, 2.45) is 4.99 Å². The highest BCUT2D eigenvalue weighted by atomic mass is 32.2. The smallest absolute Gasteiger partial charge is 0.240 e. The van der Waals surface area contributed by atoms with E-state index < -0.39 is 10.0 Å². The summed E-state index contributed by atoms with van der Waals surface area (Å²) in [7, 11) is -3.39. The number of nitrogens with zero attached hydrogens (tertiary/aromatic N) is 1. The standard InChI is InChI=1S/C19H30N4O2S2/c1-3-20-18(22-14-19(2)11-4-12-26-19)21-13-15-5-9-17(10-6-15)27(24,25)23-16-7-8-16/h5-6,9-10,16,23H,3-4,7-8,11-14H2,1-2H3,(H2,20,21,22). The molecule has 1 aliphatic carbocycles. The Bertz CT molecular complexity index is 752. The Hall–Kier alpha value is -1.25. The number of guanidine groups is 1. The van der Waals surface area contributed by atoms with Crippen LogP contribution in [0.2, 0.25) is 0 Å². The van der Waals surface area contributed by atoms with Gasteiger partial charge >= 0.3 is 0 Å². The van der Waals surface area contributed by atoms with Gasteiger partial charge in [0, 0.05) is 23.9 Å². The first-order chi connectivity index (χ1) is 12.9. The van der Waals surface area contributed by atoms with Crippen LogP contribution in [0, 0.1) is 0 Å². The quantitative estimate of drug-likeness (QED) is 0.453. The molecule has 3 N–H and O–H groups in total. The molecule has 1 unspecified atom stereocenters. The summed E-state index contributed by atoms with van der Waals surface area (Å²) in [6.45, 7) is 6.56. The number of sulfonamides is 1. The highest BCUT2D eigenvalue weighted by Crippen LogP contribution is 2.36. The molecule has 1 aromatic carbocycles. The van der Waals surface area contributed by atoms with Crippen molar-refractivity contribution in [3.63, 3.8) is 0 Å². The van der Waals surface area contributed by atoms with E-state index >= 15 is 0 Å². The van der Waals surface area contributed by atoms with Crippen molar-refractivity contribution < 1.29 is 8.42 Å². The second-order valence-corrected chi connectivity index (χ2v) is 10.9. The maximum absolute atomic E-state index is 12.2. The second kappa shape index (κ2) is 8.84. The summed E-state index contributed by atoms with van der Waals surface area (Å²) < 4.78 is 27.4. The molecule has 0 spiro atoms. The summed E-state index contributed by atoms with van der Waals surface area (Å²) in [6, 6.07) is 7.11. The zero-order valence-electron chi connectivity index (χ0n) is 16.1. The van der Waals surface area contributed by atoms with Crippen LogP contribution in [0.15, 0.2) is 34.2 Å². The van der Waals surface area contributed by atoms with Gasteiger partial charge in [0.25, 0.3) is 0 Å². The summed E-state index contributed by atoms with van der Waals surface area (Å²) >= 11 is 2.02. The molecule has 0 amide bonds. The van der Waals surface area contributed by atoms with Crippen molar-refractivity contribution >= 4 is 27.7 Å². The minimum atomic E-state index is -3.39. The number of hydrogen-bond acceptors (Lipinski definition) is 4. The van der Waals surface area contributed by atoms with E-state index in [4.69, 9.17) is 0 Å². The number of nitrogens with one attached hydrogen (secondary N) is 3. The monoisotopic (exact) mass is 410 g/mol. The van der Waals surface area contributed by atoms with Gasteiger partial charge < -0.3 is 10.6 Å². The molecule has 1 aliphatic heterocycles. The maximum Gasteiger partial charge on any atom is 0.240 e. The van der Waals surface area contributed by atoms with E-state index in [2.05, 4.69) is 34.2 Å². The lowest BCUT2D eigenvalue weighted by atomic mass is 10.1. The fourth-order valence-corrected chi connectivity index (χ4v) is 5.57. The molecular formula is C19H30N4O2S2. The minimum Gasteiger partial charge on any atom is -0.357 e. The lowest BCUT2D eigenvalue weighted by Gasteiger charge is -2.24. The summed E-state index contributed by atoms with van der Waals surface area (Å²) in [5.41, 5.74) is 0.985. The van der Waals surface area contributed by atoms with Crippen LogP contribution < -0.4 is 15.4 Å². The first kappa shape index (κ1) is 20.5. The third-order valence-electron chi connectivity index (χ3n) is 4.83. The molecule has 2 aliphatic rings. The number of benzene rings is 1. The van der Waals surface area contributed by atoms with Crippen LogP contribution in [-0.2, 0) is 16.6 Å². The molecule has 2 fully saturated rings. The minimum absolute atomic E-state index is 0.118. The van der Waals surface area contributed by atoms with Gasteiger partial charge in [-0.1, -0.05) is 12.1 Å². The number of aliphatic imine (C=N–C) groups is 1. The van der Waals surface area contributed by atoms with E-state index in [0.717, 1.165) is 37.5 Å². The van der Waals surface area contributed by atoms with Gasteiger partial charge in [0.15, 0.2) is 5.96 Å². The number of rotatable bonds is 8. The fourth-order valence-electron chi connectivity index (χ4n) is 3.02. The van der Waals surface area contributed by atoms with Gasteiger partial charge in [-0.05, 0) is 63.0 Å². The van der Waals surface area contributed by atoms with E-state index in [1.165, 1.54) is 18.6 Å². The van der Waals surface area contributed by atoms with Gasteiger partial charge in [-0.2, -0.15) is 11.8 Å². The normalized spacial score (nSPS) is 23.4. The molecule has 1 saturated carbocycles. The largest absolute Gasteiger partial charge is 0.357 e. The van der Waals surface area contributed by atoms with Crippen LogP contribution >= 0.6 is 11.8 Å². The average Bonchev–Trinajstić information content (AvgIpc) is 3.34. The first-order valence-corrected chi connectivity index (χ1v) is 12.1. The van der Waals surface area contributed by atoms with Crippen molar-refractivity contribution in [1.82, 2.24) is 15.4 Å². The van der Waals surface area contributed by atoms with Gasteiger partial charge in [-0.25, -0.2) is 18.1 Å². The molecule has 1 saturated heterocycles. The Kier molecular flexibility index (Phi) is 6.70. The van der Waals surface area contributed by atoms with Crippen molar-refractivity contribution in [1.29, 1.82) is 0 Å². The van der Waals surface area contributed by atoms with E-state index in [0.29, 0.717) is 11.4 Å². The molecular weight excluding hydrogens is 380 g/mol. The Morgan fingerprint density at radius 2 is 2.00 bits per heavy atom. The van der Waals surface area contributed by atoms with Crippen molar-refractivity contribution in [3.8, 4) is 0 Å².